The summed E-state index contributed by atoms with van der Waals surface area (Å²) >= 11 is 0. The summed E-state index contributed by atoms with van der Waals surface area (Å²) < 4.78 is 112. The molecule has 0 aromatic heterocycles. The van der Waals surface area contributed by atoms with Crippen molar-refractivity contribution in [1.29, 1.82) is 0 Å². The lowest BCUT2D eigenvalue weighted by Crippen LogP contribution is -2.25. The number of ether oxygens (including phenoxy) is 1. The van der Waals surface area contributed by atoms with Gasteiger partial charge in [0.05, 0.1) is 39.6 Å². The lowest BCUT2D eigenvalue weighted by Gasteiger charge is -2.25. The van der Waals surface area contributed by atoms with Crippen molar-refractivity contribution in [2.75, 3.05) is 89.4 Å². The number of hydrogen-bond acceptors (Lipinski definition) is 17. The van der Waals surface area contributed by atoms with Gasteiger partial charge in [0.1, 0.15) is 6.10 Å². The number of phosphoric acid groups is 4. The fourth-order valence-corrected chi connectivity index (χ4v) is 4.94. The van der Waals surface area contributed by atoms with Crippen LogP contribution < -0.4 is 0 Å². The van der Waals surface area contributed by atoms with Crippen LogP contribution in [0.3, 0.4) is 0 Å². The predicted molar refractivity (Wildman–Crippen MR) is 119 cm³/mol. The highest BCUT2D eigenvalue weighted by Crippen LogP contribution is 2.53. The highest BCUT2D eigenvalue weighted by atomic mass is 31.2. The van der Waals surface area contributed by atoms with E-state index in [1.165, 1.54) is 0 Å². The van der Waals surface area contributed by atoms with Crippen molar-refractivity contribution in [3.05, 3.63) is 0 Å². The molecule has 0 heterocycles. The molecular formula is C14H34O17P4. The Balaban J connectivity index is 4.92. The molecule has 0 aromatic rings. The van der Waals surface area contributed by atoms with Crippen molar-refractivity contribution in [2.24, 2.45) is 0 Å². The molecule has 0 N–H and O–H groups in total. The highest BCUT2D eigenvalue weighted by Gasteiger charge is 2.35. The molecule has 0 amide bonds. The molecule has 35 heavy (non-hydrogen) atoms. The van der Waals surface area contributed by atoms with Crippen LogP contribution in [-0.4, -0.2) is 95.5 Å². The van der Waals surface area contributed by atoms with E-state index in [9.17, 15) is 18.3 Å². The van der Waals surface area contributed by atoms with Gasteiger partial charge in [0, 0.05) is 49.8 Å². The molecule has 0 radical (unpaired) electrons. The summed E-state index contributed by atoms with van der Waals surface area (Å²) in [5.74, 6) is 0. The molecule has 17 nitrogen and oxygen atoms in total. The molecule has 0 bridgehead atoms. The van der Waals surface area contributed by atoms with Crippen LogP contribution in [0.5, 0.6) is 0 Å². The third kappa shape index (κ3) is 14.2. The maximum Gasteiger partial charge on any atom is 0.475 e. The van der Waals surface area contributed by atoms with Gasteiger partial charge in [-0.25, -0.2) is 18.3 Å². The zero-order chi connectivity index (χ0) is 27.0. The Morgan fingerprint density at radius 1 is 0.457 bits per heavy atom. The molecule has 1 atom stereocenters. The minimum absolute atomic E-state index is 0.0187. The summed E-state index contributed by atoms with van der Waals surface area (Å²) in [6.07, 6.45) is -1.33. The van der Waals surface area contributed by atoms with Gasteiger partial charge in [-0.2, -0.15) is 0 Å². The van der Waals surface area contributed by atoms with Crippen molar-refractivity contribution in [2.45, 2.75) is 6.10 Å². The largest absolute Gasteiger partial charge is 0.475 e. The zero-order valence-electron chi connectivity index (χ0n) is 20.5. The van der Waals surface area contributed by atoms with Crippen LogP contribution in [-0.2, 0) is 77.3 Å². The SMILES string of the molecule is COP(=O)(OC)OCCOCCOP(=O)(OC)OC(COP(=O)(OC)OC)COP(=O)(OC)OC. The second-order valence-electron chi connectivity index (χ2n) is 5.66. The minimum atomic E-state index is -4.24. The van der Waals surface area contributed by atoms with Crippen LogP contribution in [0.4, 0.5) is 0 Å². The Morgan fingerprint density at radius 3 is 1.11 bits per heavy atom. The van der Waals surface area contributed by atoms with E-state index >= 15 is 0 Å². The average molecular weight is 598 g/mol. The lowest BCUT2D eigenvalue weighted by molar-refractivity contribution is 0.00664. The van der Waals surface area contributed by atoms with Crippen LogP contribution in [0, 0.1) is 0 Å². The molecule has 0 aromatic carbocycles. The van der Waals surface area contributed by atoms with E-state index in [0.717, 1.165) is 49.8 Å². The zero-order valence-corrected chi connectivity index (χ0v) is 24.1. The van der Waals surface area contributed by atoms with Gasteiger partial charge in [0.15, 0.2) is 0 Å². The highest BCUT2D eigenvalue weighted by molar-refractivity contribution is 7.49. The lowest BCUT2D eigenvalue weighted by atomic mass is 10.4. The van der Waals surface area contributed by atoms with Crippen molar-refractivity contribution in [3.8, 4) is 0 Å². The Kier molecular flexibility index (Phi) is 18.0. The summed E-state index contributed by atoms with van der Waals surface area (Å²) in [7, 11) is -8.07. The molecule has 0 saturated heterocycles. The maximum absolute atomic E-state index is 12.8. The molecule has 0 aliphatic carbocycles. The monoisotopic (exact) mass is 598 g/mol. The van der Waals surface area contributed by atoms with Gasteiger partial charge in [-0.1, -0.05) is 0 Å². The van der Waals surface area contributed by atoms with Crippen molar-refractivity contribution in [3.63, 3.8) is 0 Å². The molecule has 1 unspecified atom stereocenters. The first-order valence-corrected chi connectivity index (χ1v) is 15.4. The first kappa shape index (κ1) is 35.4. The van der Waals surface area contributed by atoms with E-state index in [4.69, 9.17) is 31.9 Å². The first-order valence-electron chi connectivity index (χ1n) is 9.56. The second kappa shape index (κ2) is 17.8. The summed E-state index contributed by atoms with van der Waals surface area (Å²) in [5.41, 5.74) is 0. The van der Waals surface area contributed by atoms with E-state index in [2.05, 4.69) is 27.1 Å². The summed E-state index contributed by atoms with van der Waals surface area (Å²) in [4.78, 5) is 0. The van der Waals surface area contributed by atoms with Gasteiger partial charge < -0.3 is 4.74 Å². The Morgan fingerprint density at radius 2 is 0.771 bits per heavy atom. The number of rotatable bonds is 23. The maximum atomic E-state index is 12.8. The van der Waals surface area contributed by atoms with Crippen LogP contribution in [0.2, 0.25) is 0 Å². The fourth-order valence-electron chi connectivity index (χ4n) is 1.82. The smallest absolute Gasteiger partial charge is 0.377 e. The Bertz CT molecular complexity index is 709. The van der Waals surface area contributed by atoms with Crippen molar-refractivity contribution >= 4 is 31.3 Å². The fraction of sp³-hybridized carbons (Fsp3) is 1.00. The quantitative estimate of drug-likeness (QED) is 0.123. The summed E-state index contributed by atoms with van der Waals surface area (Å²) in [5, 5.41) is 0. The Hall–Kier alpha value is 0.400. The van der Waals surface area contributed by atoms with Gasteiger partial charge in [-0.15, -0.1) is 0 Å². The van der Waals surface area contributed by atoms with E-state index in [1.807, 2.05) is 0 Å². The predicted octanol–water partition coefficient (Wildman–Crippen LogP) is 3.41. The normalized spacial score (nSPS) is 15.0. The molecule has 0 rings (SSSR count). The van der Waals surface area contributed by atoms with E-state index in [-0.39, 0.29) is 26.4 Å². The molecule has 0 aliphatic rings. The molecule has 21 heteroatoms. The molecule has 0 spiro atoms. The number of phosphoric ester groups is 4. The summed E-state index contributed by atoms with van der Waals surface area (Å²) in [6, 6.07) is 0. The molecule has 0 saturated carbocycles. The van der Waals surface area contributed by atoms with Crippen molar-refractivity contribution < 1.29 is 77.3 Å². The third-order valence-electron chi connectivity index (χ3n) is 3.63. The van der Waals surface area contributed by atoms with Gasteiger partial charge in [-0.3, -0.25) is 54.3 Å². The standard InChI is InChI=1S/C14H34O17P4/c1-19-32(15,20-2)27-10-8-26-9-11-28-35(18,25-7)31-14(12-29-33(16,21-3)22-4)13-30-34(17,23-5)24-6/h14H,8-13H2,1-7H3. The second-order valence-corrected chi connectivity index (χ2v) is 13.0. The van der Waals surface area contributed by atoms with Crippen LogP contribution >= 0.6 is 31.3 Å². The van der Waals surface area contributed by atoms with E-state index in [1.54, 1.807) is 0 Å². The van der Waals surface area contributed by atoms with Crippen LogP contribution in [0.1, 0.15) is 0 Å². The van der Waals surface area contributed by atoms with Crippen LogP contribution in [0.15, 0.2) is 0 Å². The topological polar surface area (TPSA) is 188 Å². The van der Waals surface area contributed by atoms with E-state index < -0.39 is 50.6 Å². The van der Waals surface area contributed by atoms with Crippen LogP contribution in [0.25, 0.3) is 0 Å². The Labute approximate surface area is 204 Å². The molecule has 0 aliphatic heterocycles. The van der Waals surface area contributed by atoms with Gasteiger partial charge >= 0.3 is 31.3 Å². The van der Waals surface area contributed by atoms with E-state index in [0.29, 0.717) is 0 Å². The molecular weight excluding hydrogens is 564 g/mol. The minimum Gasteiger partial charge on any atom is -0.377 e. The van der Waals surface area contributed by atoms with Gasteiger partial charge in [-0.05, 0) is 0 Å². The third-order valence-corrected chi connectivity index (χ3v) is 9.25. The molecule has 212 valence electrons. The van der Waals surface area contributed by atoms with Crippen molar-refractivity contribution in [1.82, 2.24) is 0 Å². The van der Waals surface area contributed by atoms with Gasteiger partial charge in [0.2, 0.25) is 0 Å². The first-order chi connectivity index (χ1) is 16.4. The number of hydrogen-bond donors (Lipinski definition) is 0. The summed E-state index contributed by atoms with van der Waals surface area (Å²) in [6.45, 7) is -1.64. The van der Waals surface area contributed by atoms with Gasteiger partial charge in [0.25, 0.3) is 0 Å². The molecule has 0 fully saturated rings. The average Bonchev–Trinajstić information content (AvgIpc) is 2.89.